The maximum atomic E-state index is 5.90. The smallest absolute Gasteiger partial charge is 0.184 e. The summed E-state index contributed by atoms with van der Waals surface area (Å²) in [7, 11) is 0. The fraction of sp³-hybridized carbons (Fsp3) is 0.333. The van der Waals surface area contributed by atoms with Crippen LogP contribution < -0.4 is 5.73 Å². The van der Waals surface area contributed by atoms with Crippen LogP contribution in [0.4, 0.5) is 5.69 Å². The molecule has 0 radical (unpaired) electrons. The molecule has 0 amide bonds. The molecule has 2 aromatic heterocycles. The Balaban J connectivity index is 2.78. The highest BCUT2D eigenvalue weighted by Crippen LogP contribution is 2.21. The largest absolute Gasteiger partial charge is 0.396 e. The molecule has 0 spiro atoms. The fourth-order valence-corrected chi connectivity index (χ4v) is 1.61. The van der Waals surface area contributed by atoms with Crippen molar-refractivity contribution in [3.8, 4) is 0 Å². The van der Waals surface area contributed by atoms with Crippen LogP contribution in [0.2, 0.25) is 5.02 Å². The van der Waals surface area contributed by atoms with E-state index in [0.29, 0.717) is 22.3 Å². The summed E-state index contributed by atoms with van der Waals surface area (Å²) in [6.45, 7) is 4.10. The maximum absolute atomic E-state index is 5.90. The number of halogens is 1. The molecule has 0 aliphatic carbocycles. The molecule has 0 unspecified atom stereocenters. The van der Waals surface area contributed by atoms with Crippen molar-refractivity contribution < 1.29 is 0 Å². The van der Waals surface area contributed by atoms with Crippen molar-refractivity contribution in [3.63, 3.8) is 0 Å². The zero-order chi connectivity index (χ0) is 10.3. The van der Waals surface area contributed by atoms with Gasteiger partial charge in [0.1, 0.15) is 5.82 Å². The number of hydrogen-bond donors (Lipinski definition) is 1. The molecule has 0 atom stereocenters. The lowest BCUT2D eigenvalue weighted by molar-refractivity contribution is 0.759. The van der Waals surface area contributed by atoms with Crippen molar-refractivity contribution in [1.29, 1.82) is 0 Å². The summed E-state index contributed by atoms with van der Waals surface area (Å²) in [5.74, 6) is 1.16. The van der Waals surface area contributed by atoms with Crippen LogP contribution in [0.15, 0.2) is 12.3 Å². The van der Waals surface area contributed by atoms with Crippen molar-refractivity contribution in [2.45, 2.75) is 19.8 Å². The molecule has 2 rings (SSSR count). The minimum Gasteiger partial charge on any atom is -0.396 e. The zero-order valence-corrected chi connectivity index (χ0v) is 8.78. The zero-order valence-electron chi connectivity index (χ0n) is 8.03. The molecule has 0 aliphatic heterocycles. The molecule has 0 aromatic carbocycles. The third-order valence-corrected chi connectivity index (χ3v) is 2.25. The lowest BCUT2D eigenvalue weighted by Gasteiger charge is -2.03. The fourth-order valence-electron chi connectivity index (χ4n) is 1.39. The number of nitrogens with two attached hydrogens (primary N) is 1. The van der Waals surface area contributed by atoms with E-state index in [9.17, 15) is 0 Å². The van der Waals surface area contributed by atoms with E-state index in [0.717, 1.165) is 5.82 Å². The Labute approximate surface area is 86.7 Å². The van der Waals surface area contributed by atoms with Crippen molar-refractivity contribution in [1.82, 2.24) is 14.6 Å². The van der Waals surface area contributed by atoms with Gasteiger partial charge in [0.05, 0.1) is 10.7 Å². The molecule has 14 heavy (non-hydrogen) atoms. The molecule has 2 N–H and O–H groups in total. The molecular formula is C9H11ClN4. The van der Waals surface area contributed by atoms with E-state index in [1.165, 1.54) is 0 Å². The van der Waals surface area contributed by atoms with E-state index < -0.39 is 0 Å². The molecule has 0 fully saturated rings. The Kier molecular flexibility index (Phi) is 2.07. The van der Waals surface area contributed by atoms with Crippen LogP contribution in [0.3, 0.4) is 0 Å². The molecule has 4 nitrogen and oxygen atoms in total. The highest BCUT2D eigenvalue weighted by atomic mass is 35.5. The minimum atomic E-state index is 0.294. The van der Waals surface area contributed by atoms with Gasteiger partial charge in [-0.3, -0.25) is 4.40 Å². The van der Waals surface area contributed by atoms with Gasteiger partial charge in [-0.25, -0.2) is 0 Å². The summed E-state index contributed by atoms with van der Waals surface area (Å²) in [5, 5.41) is 8.68. The van der Waals surface area contributed by atoms with E-state index in [-0.39, 0.29) is 0 Å². The average Bonchev–Trinajstić information content (AvgIpc) is 2.47. The Morgan fingerprint density at radius 3 is 2.79 bits per heavy atom. The van der Waals surface area contributed by atoms with Gasteiger partial charge in [-0.2, -0.15) is 0 Å². The van der Waals surface area contributed by atoms with Gasteiger partial charge in [0.15, 0.2) is 5.65 Å². The van der Waals surface area contributed by atoms with Gasteiger partial charge in [-0.15, -0.1) is 10.2 Å². The van der Waals surface area contributed by atoms with Crippen LogP contribution in [-0.2, 0) is 0 Å². The Morgan fingerprint density at radius 1 is 1.43 bits per heavy atom. The summed E-state index contributed by atoms with van der Waals surface area (Å²) in [5.41, 5.74) is 6.98. The Morgan fingerprint density at radius 2 is 2.14 bits per heavy atom. The molecule has 0 saturated heterocycles. The number of aromatic nitrogens is 3. The van der Waals surface area contributed by atoms with Gasteiger partial charge >= 0.3 is 0 Å². The standard InChI is InChI=1S/C9H11ClN4/c1-5(2)8-12-13-9-7(11)3-6(10)4-14(8)9/h3-5H,11H2,1-2H3. The lowest BCUT2D eigenvalue weighted by Crippen LogP contribution is -1.98. The van der Waals surface area contributed by atoms with E-state index in [1.807, 2.05) is 18.2 Å². The number of hydrogen-bond acceptors (Lipinski definition) is 3. The molecule has 0 saturated carbocycles. The first kappa shape index (κ1) is 9.27. The number of nitrogens with zero attached hydrogens (tertiary/aromatic N) is 3. The monoisotopic (exact) mass is 210 g/mol. The number of fused-ring (bicyclic) bond motifs is 1. The second kappa shape index (κ2) is 3.13. The quantitative estimate of drug-likeness (QED) is 0.784. The summed E-state index contributed by atoms with van der Waals surface area (Å²) in [6.07, 6.45) is 1.78. The van der Waals surface area contributed by atoms with Crippen LogP contribution in [0, 0.1) is 0 Å². The molecule has 0 aliphatic rings. The van der Waals surface area contributed by atoms with Gasteiger partial charge in [0.25, 0.3) is 0 Å². The maximum Gasteiger partial charge on any atom is 0.184 e. The van der Waals surface area contributed by atoms with Crippen molar-refractivity contribution >= 4 is 22.9 Å². The average molecular weight is 211 g/mol. The second-order valence-electron chi connectivity index (χ2n) is 3.52. The number of nitrogen functional groups attached to an aromatic ring is 1. The summed E-state index contributed by atoms with van der Waals surface area (Å²) in [6, 6.07) is 1.68. The topological polar surface area (TPSA) is 56.2 Å². The van der Waals surface area contributed by atoms with Crippen LogP contribution in [0.5, 0.6) is 0 Å². The van der Waals surface area contributed by atoms with Crippen LogP contribution in [0.1, 0.15) is 25.6 Å². The highest BCUT2D eigenvalue weighted by Gasteiger charge is 2.11. The van der Waals surface area contributed by atoms with Crippen LogP contribution in [0.25, 0.3) is 5.65 Å². The molecule has 2 heterocycles. The molecule has 0 bridgehead atoms. The number of anilines is 1. The van der Waals surface area contributed by atoms with Crippen molar-refractivity contribution in [3.05, 3.63) is 23.1 Å². The first-order chi connectivity index (χ1) is 6.59. The number of rotatable bonds is 1. The molecule has 5 heteroatoms. The van der Waals surface area contributed by atoms with E-state index in [1.54, 1.807) is 12.3 Å². The predicted molar refractivity (Wildman–Crippen MR) is 56.5 cm³/mol. The first-order valence-corrected chi connectivity index (χ1v) is 4.77. The third kappa shape index (κ3) is 1.32. The van der Waals surface area contributed by atoms with Crippen LogP contribution in [-0.4, -0.2) is 14.6 Å². The third-order valence-electron chi connectivity index (χ3n) is 2.04. The predicted octanol–water partition coefficient (Wildman–Crippen LogP) is 2.09. The highest BCUT2D eigenvalue weighted by molar-refractivity contribution is 6.30. The van der Waals surface area contributed by atoms with Gasteiger partial charge < -0.3 is 5.73 Å². The van der Waals surface area contributed by atoms with Crippen molar-refractivity contribution in [2.24, 2.45) is 0 Å². The first-order valence-electron chi connectivity index (χ1n) is 4.39. The molecule has 2 aromatic rings. The molecular weight excluding hydrogens is 200 g/mol. The van der Waals surface area contributed by atoms with Gasteiger partial charge in [0, 0.05) is 12.1 Å². The minimum absolute atomic E-state index is 0.294. The normalized spacial score (nSPS) is 11.4. The lowest BCUT2D eigenvalue weighted by atomic mass is 10.2. The Bertz CT molecular complexity index is 475. The second-order valence-corrected chi connectivity index (χ2v) is 3.96. The molecule has 74 valence electrons. The van der Waals surface area contributed by atoms with Crippen molar-refractivity contribution in [2.75, 3.05) is 5.73 Å². The van der Waals surface area contributed by atoms with E-state index in [2.05, 4.69) is 10.2 Å². The summed E-state index contributed by atoms with van der Waals surface area (Å²) >= 11 is 5.90. The van der Waals surface area contributed by atoms with Gasteiger partial charge in [-0.05, 0) is 6.07 Å². The van der Waals surface area contributed by atoms with Gasteiger partial charge in [0.2, 0.25) is 0 Å². The van der Waals surface area contributed by atoms with E-state index in [4.69, 9.17) is 17.3 Å². The number of pyridine rings is 1. The van der Waals surface area contributed by atoms with Gasteiger partial charge in [-0.1, -0.05) is 25.4 Å². The summed E-state index contributed by atoms with van der Waals surface area (Å²) in [4.78, 5) is 0. The summed E-state index contributed by atoms with van der Waals surface area (Å²) < 4.78 is 1.84. The van der Waals surface area contributed by atoms with E-state index >= 15 is 0 Å². The SMILES string of the molecule is CC(C)c1nnc2c(N)cc(Cl)cn12. The Hall–Kier alpha value is -1.29. The van der Waals surface area contributed by atoms with Crippen LogP contribution >= 0.6 is 11.6 Å².